The number of aromatic nitrogens is 3. The molecule has 2 aromatic heterocycles. The summed E-state index contributed by atoms with van der Waals surface area (Å²) in [5.41, 5.74) is 11.9. The molecule has 0 amide bonds. The molecule has 46 heavy (non-hydrogen) atoms. The first kappa shape index (κ1) is 27.4. The minimum absolute atomic E-state index is 0.712. The van der Waals surface area contributed by atoms with E-state index < -0.39 is 0 Å². The molecule has 0 saturated heterocycles. The predicted molar refractivity (Wildman–Crippen MR) is 190 cm³/mol. The zero-order chi connectivity index (χ0) is 30.7. The quantitative estimate of drug-likeness (QED) is 0.194. The smallest absolute Gasteiger partial charge is 0.160 e. The first-order valence-corrected chi connectivity index (χ1v) is 15.4. The van der Waals surface area contributed by atoms with E-state index in [1.807, 2.05) is 48.8 Å². The number of fused-ring (bicyclic) bond motifs is 1. The summed E-state index contributed by atoms with van der Waals surface area (Å²) in [6.07, 6.45) is 3.68. The van der Waals surface area contributed by atoms with Crippen LogP contribution in [0.2, 0.25) is 0 Å². The second kappa shape index (κ2) is 12.1. The predicted octanol–water partition coefficient (Wildman–Crippen LogP) is 11.0. The van der Waals surface area contributed by atoms with Crippen LogP contribution >= 0.6 is 0 Å². The van der Waals surface area contributed by atoms with E-state index in [-0.39, 0.29) is 0 Å². The molecule has 0 N–H and O–H groups in total. The lowest BCUT2D eigenvalue weighted by Crippen LogP contribution is -1.96. The summed E-state index contributed by atoms with van der Waals surface area (Å²) in [5.74, 6) is 0.712. The monoisotopic (exact) mass is 587 g/mol. The van der Waals surface area contributed by atoms with Crippen LogP contribution in [0.3, 0.4) is 0 Å². The van der Waals surface area contributed by atoms with E-state index >= 15 is 0 Å². The van der Waals surface area contributed by atoms with Gasteiger partial charge in [-0.05, 0) is 86.6 Å². The number of benzene rings is 6. The maximum Gasteiger partial charge on any atom is 0.160 e. The minimum atomic E-state index is 0.712. The van der Waals surface area contributed by atoms with Crippen molar-refractivity contribution in [3.63, 3.8) is 0 Å². The van der Waals surface area contributed by atoms with E-state index in [1.54, 1.807) is 0 Å². The Morgan fingerprint density at radius 2 is 0.891 bits per heavy atom. The summed E-state index contributed by atoms with van der Waals surface area (Å²) in [4.78, 5) is 14.3. The molecule has 6 aromatic carbocycles. The highest BCUT2D eigenvalue weighted by Gasteiger charge is 2.13. The third-order valence-electron chi connectivity index (χ3n) is 8.37. The van der Waals surface area contributed by atoms with Gasteiger partial charge in [0.05, 0.1) is 11.4 Å². The van der Waals surface area contributed by atoms with Crippen molar-refractivity contribution in [3.8, 4) is 67.3 Å². The Morgan fingerprint density at radius 1 is 0.326 bits per heavy atom. The Bertz CT molecular complexity index is 2240. The summed E-state index contributed by atoms with van der Waals surface area (Å²) in [5, 5.41) is 2.42. The van der Waals surface area contributed by atoms with Crippen molar-refractivity contribution in [2.45, 2.75) is 0 Å². The first-order chi connectivity index (χ1) is 22.8. The molecule has 216 valence electrons. The van der Waals surface area contributed by atoms with Crippen molar-refractivity contribution < 1.29 is 0 Å². The standard InChI is InChI=1S/C43H29N3/c1-3-11-31(12-4-1)41-29-42(46-43(45-41)32-13-5-2-6-14-32)37-19-10-18-36(26-37)40-28-38(27-35-15-7-8-20-39(35)40)34-17-9-16-33(25-34)30-21-23-44-24-22-30/h1-29H. The van der Waals surface area contributed by atoms with Crippen molar-refractivity contribution in [2.24, 2.45) is 0 Å². The molecular weight excluding hydrogens is 558 g/mol. The molecule has 0 fully saturated rings. The maximum absolute atomic E-state index is 5.08. The summed E-state index contributed by atoms with van der Waals surface area (Å²) < 4.78 is 0. The van der Waals surface area contributed by atoms with Crippen LogP contribution in [-0.2, 0) is 0 Å². The van der Waals surface area contributed by atoms with Crippen LogP contribution in [0.4, 0.5) is 0 Å². The van der Waals surface area contributed by atoms with Gasteiger partial charge in [-0.2, -0.15) is 0 Å². The van der Waals surface area contributed by atoms with Gasteiger partial charge < -0.3 is 0 Å². The molecule has 0 atom stereocenters. The van der Waals surface area contributed by atoms with Crippen LogP contribution in [0.5, 0.6) is 0 Å². The molecule has 0 aliphatic carbocycles. The fraction of sp³-hybridized carbons (Fsp3) is 0. The molecule has 0 spiro atoms. The van der Waals surface area contributed by atoms with Crippen LogP contribution in [0.15, 0.2) is 176 Å². The topological polar surface area (TPSA) is 38.7 Å². The van der Waals surface area contributed by atoms with Gasteiger partial charge in [-0.3, -0.25) is 4.98 Å². The lowest BCUT2D eigenvalue weighted by molar-refractivity contribution is 1.18. The van der Waals surface area contributed by atoms with Crippen LogP contribution in [0.25, 0.3) is 78.1 Å². The van der Waals surface area contributed by atoms with Gasteiger partial charge in [-0.25, -0.2) is 9.97 Å². The van der Waals surface area contributed by atoms with Crippen molar-refractivity contribution in [3.05, 3.63) is 176 Å². The molecule has 0 aliphatic heterocycles. The van der Waals surface area contributed by atoms with E-state index in [9.17, 15) is 0 Å². The molecular formula is C43H29N3. The summed E-state index contributed by atoms with van der Waals surface area (Å²) >= 11 is 0. The SMILES string of the molecule is c1ccc(-c2cc(-c3cccc(-c4cc(-c5cccc(-c6ccncc6)c5)cc5ccccc45)c3)nc(-c3ccccc3)n2)cc1. The van der Waals surface area contributed by atoms with E-state index in [1.165, 1.54) is 33.0 Å². The van der Waals surface area contributed by atoms with Crippen LogP contribution in [-0.4, -0.2) is 15.0 Å². The Hall–Kier alpha value is -6.19. The molecule has 0 saturated carbocycles. The Kier molecular flexibility index (Phi) is 7.18. The third-order valence-corrected chi connectivity index (χ3v) is 8.37. The number of pyridine rings is 1. The van der Waals surface area contributed by atoms with E-state index in [2.05, 4.69) is 132 Å². The summed E-state index contributed by atoms with van der Waals surface area (Å²) in [6, 6.07) is 57.4. The van der Waals surface area contributed by atoms with E-state index in [4.69, 9.17) is 9.97 Å². The van der Waals surface area contributed by atoms with Gasteiger partial charge in [0, 0.05) is 29.1 Å². The van der Waals surface area contributed by atoms with Gasteiger partial charge >= 0.3 is 0 Å². The normalized spacial score (nSPS) is 11.0. The van der Waals surface area contributed by atoms with Gasteiger partial charge in [0.2, 0.25) is 0 Å². The summed E-state index contributed by atoms with van der Waals surface area (Å²) in [7, 11) is 0. The number of nitrogens with zero attached hydrogens (tertiary/aromatic N) is 3. The van der Waals surface area contributed by atoms with Gasteiger partial charge in [0.25, 0.3) is 0 Å². The molecule has 0 bridgehead atoms. The average molecular weight is 588 g/mol. The lowest BCUT2D eigenvalue weighted by Gasteiger charge is -2.14. The van der Waals surface area contributed by atoms with Crippen molar-refractivity contribution in [1.82, 2.24) is 15.0 Å². The molecule has 0 aliphatic rings. The number of hydrogen-bond acceptors (Lipinski definition) is 3. The van der Waals surface area contributed by atoms with Gasteiger partial charge in [-0.1, -0.05) is 121 Å². The largest absolute Gasteiger partial charge is 0.265 e. The van der Waals surface area contributed by atoms with E-state index in [0.29, 0.717) is 5.82 Å². The molecule has 2 heterocycles. The second-order valence-electron chi connectivity index (χ2n) is 11.3. The average Bonchev–Trinajstić information content (AvgIpc) is 3.15. The maximum atomic E-state index is 5.08. The number of rotatable bonds is 6. The molecule has 0 unspecified atom stereocenters. The summed E-state index contributed by atoms with van der Waals surface area (Å²) in [6.45, 7) is 0. The fourth-order valence-electron chi connectivity index (χ4n) is 6.05. The Labute approximate surface area is 268 Å². The molecule has 8 rings (SSSR count). The third kappa shape index (κ3) is 5.47. The molecule has 3 heteroatoms. The highest BCUT2D eigenvalue weighted by molar-refractivity contribution is 6.00. The highest BCUT2D eigenvalue weighted by atomic mass is 14.9. The van der Waals surface area contributed by atoms with Gasteiger partial charge in [0.15, 0.2) is 5.82 Å². The van der Waals surface area contributed by atoms with Gasteiger partial charge in [0.1, 0.15) is 0 Å². The van der Waals surface area contributed by atoms with E-state index in [0.717, 1.165) is 39.2 Å². The lowest BCUT2D eigenvalue weighted by atomic mass is 9.91. The van der Waals surface area contributed by atoms with Crippen molar-refractivity contribution >= 4 is 10.8 Å². The first-order valence-electron chi connectivity index (χ1n) is 15.4. The fourth-order valence-corrected chi connectivity index (χ4v) is 6.05. The molecule has 3 nitrogen and oxygen atoms in total. The highest BCUT2D eigenvalue weighted by Crippen LogP contribution is 2.37. The van der Waals surface area contributed by atoms with Gasteiger partial charge in [-0.15, -0.1) is 0 Å². The minimum Gasteiger partial charge on any atom is -0.265 e. The molecule has 8 aromatic rings. The van der Waals surface area contributed by atoms with Crippen LogP contribution in [0.1, 0.15) is 0 Å². The van der Waals surface area contributed by atoms with Crippen LogP contribution < -0.4 is 0 Å². The number of hydrogen-bond donors (Lipinski definition) is 0. The Balaban J connectivity index is 1.27. The van der Waals surface area contributed by atoms with Crippen molar-refractivity contribution in [1.29, 1.82) is 0 Å². The Morgan fingerprint density at radius 3 is 1.65 bits per heavy atom. The molecule has 0 radical (unpaired) electrons. The van der Waals surface area contributed by atoms with Crippen molar-refractivity contribution in [2.75, 3.05) is 0 Å². The van der Waals surface area contributed by atoms with Crippen LogP contribution in [0, 0.1) is 0 Å². The zero-order valence-corrected chi connectivity index (χ0v) is 25.1. The second-order valence-corrected chi connectivity index (χ2v) is 11.3. The zero-order valence-electron chi connectivity index (χ0n) is 25.1.